The number of nitrogens with one attached hydrogen (secondary N) is 1. The van der Waals surface area contributed by atoms with Crippen LogP contribution in [0.4, 0.5) is 14.9 Å². The molecule has 3 aromatic rings. The van der Waals surface area contributed by atoms with Crippen LogP contribution in [0.2, 0.25) is 0 Å². The molecule has 7 heteroatoms. The van der Waals surface area contributed by atoms with Gasteiger partial charge in [0.1, 0.15) is 11.4 Å². The van der Waals surface area contributed by atoms with Gasteiger partial charge in [-0.1, -0.05) is 24.3 Å². The molecule has 0 bridgehead atoms. The highest BCUT2D eigenvalue weighted by molar-refractivity contribution is 6.39. The minimum Gasteiger partial charge on any atom is -0.350 e. The maximum atomic E-state index is 13.5. The highest BCUT2D eigenvalue weighted by Crippen LogP contribution is 2.26. The van der Waals surface area contributed by atoms with Gasteiger partial charge in [-0.2, -0.15) is 0 Å². The number of rotatable bonds is 2. The van der Waals surface area contributed by atoms with Crippen LogP contribution in [0.5, 0.6) is 0 Å². The third kappa shape index (κ3) is 2.79. The summed E-state index contributed by atoms with van der Waals surface area (Å²) in [7, 11) is 1.86. The molecule has 6 nitrogen and oxygen atoms in total. The molecule has 134 valence electrons. The van der Waals surface area contributed by atoms with Crippen molar-refractivity contribution >= 4 is 40.5 Å². The van der Waals surface area contributed by atoms with Crippen LogP contribution in [0.1, 0.15) is 5.56 Å². The lowest BCUT2D eigenvalue weighted by Crippen LogP contribution is -2.54. The minimum atomic E-state index is -0.911. The number of para-hydroxylation sites is 1. The van der Waals surface area contributed by atoms with Gasteiger partial charge in [0.2, 0.25) is 0 Å². The monoisotopic (exact) mass is 363 g/mol. The number of benzene rings is 2. The molecule has 0 saturated carbocycles. The van der Waals surface area contributed by atoms with Gasteiger partial charge in [-0.25, -0.2) is 14.1 Å². The molecule has 1 aliphatic rings. The Kier molecular flexibility index (Phi) is 3.84. The van der Waals surface area contributed by atoms with Crippen LogP contribution >= 0.6 is 0 Å². The normalized spacial score (nSPS) is 16.3. The number of urea groups is 1. The van der Waals surface area contributed by atoms with E-state index in [1.54, 1.807) is 6.20 Å². The van der Waals surface area contributed by atoms with Crippen molar-refractivity contribution in [3.63, 3.8) is 0 Å². The molecule has 1 saturated heterocycles. The fourth-order valence-electron chi connectivity index (χ4n) is 3.15. The predicted octanol–water partition coefficient (Wildman–Crippen LogP) is 2.98. The molecule has 0 unspecified atom stereocenters. The molecule has 0 atom stereocenters. The van der Waals surface area contributed by atoms with Gasteiger partial charge in [-0.3, -0.25) is 14.9 Å². The number of carbonyl (C=O) groups excluding carboxylic acids is 3. The summed E-state index contributed by atoms with van der Waals surface area (Å²) in [5, 5.41) is 3.00. The predicted molar refractivity (Wildman–Crippen MR) is 98.3 cm³/mol. The van der Waals surface area contributed by atoms with Crippen molar-refractivity contribution in [1.29, 1.82) is 0 Å². The van der Waals surface area contributed by atoms with Crippen molar-refractivity contribution in [3.05, 3.63) is 71.7 Å². The number of halogens is 1. The largest absolute Gasteiger partial charge is 0.350 e. The number of carbonyl (C=O) groups is 3. The third-order valence-corrected chi connectivity index (χ3v) is 4.40. The Hall–Kier alpha value is -3.74. The van der Waals surface area contributed by atoms with E-state index < -0.39 is 23.7 Å². The lowest BCUT2D eigenvalue weighted by Gasteiger charge is -2.26. The van der Waals surface area contributed by atoms with Gasteiger partial charge in [0.15, 0.2) is 0 Å². The number of imide groups is 2. The molecule has 0 radical (unpaired) electrons. The first kappa shape index (κ1) is 16.7. The topological polar surface area (TPSA) is 71.4 Å². The van der Waals surface area contributed by atoms with Crippen LogP contribution < -0.4 is 10.2 Å². The summed E-state index contributed by atoms with van der Waals surface area (Å²) >= 11 is 0. The summed E-state index contributed by atoms with van der Waals surface area (Å²) in [6, 6.07) is 11.7. The van der Waals surface area contributed by atoms with E-state index in [1.165, 1.54) is 24.3 Å². The maximum absolute atomic E-state index is 13.5. The van der Waals surface area contributed by atoms with Crippen LogP contribution in [-0.2, 0) is 16.6 Å². The number of hydrogen-bond acceptors (Lipinski definition) is 3. The Balaban J connectivity index is 1.82. The molecular formula is C20H14FN3O3. The zero-order valence-electron chi connectivity index (χ0n) is 14.3. The number of amides is 4. The average molecular weight is 363 g/mol. The molecule has 27 heavy (non-hydrogen) atoms. The molecule has 0 aliphatic carbocycles. The molecule has 4 amide bonds. The SMILES string of the molecule is Cn1cc(C=C2C(=O)NC(=O)N(c3cccc(F)c3)C2=O)c2ccccc21. The van der Waals surface area contributed by atoms with Crippen molar-refractivity contribution in [2.24, 2.45) is 7.05 Å². The Morgan fingerprint density at radius 1 is 1.04 bits per heavy atom. The highest BCUT2D eigenvalue weighted by atomic mass is 19.1. The van der Waals surface area contributed by atoms with E-state index in [9.17, 15) is 18.8 Å². The minimum absolute atomic E-state index is 0.0498. The van der Waals surface area contributed by atoms with E-state index in [4.69, 9.17) is 0 Å². The Morgan fingerprint density at radius 2 is 1.81 bits per heavy atom. The van der Waals surface area contributed by atoms with Crippen LogP contribution in [0, 0.1) is 5.82 Å². The second kappa shape index (κ2) is 6.21. The van der Waals surface area contributed by atoms with E-state index in [2.05, 4.69) is 5.32 Å². The van der Waals surface area contributed by atoms with Crippen LogP contribution in [0.3, 0.4) is 0 Å². The lowest BCUT2D eigenvalue weighted by atomic mass is 10.1. The third-order valence-electron chi connectivity index (χ3n) is 4.40. The van der Waals surface area contributed by atoms with E-state index in [0.29, 0.717) is 5.56 Å². The number of anilines is 1. The lowest BCUT2D eigenvalue weighted by molar-refractivity contribution is -0.122. The summed E-state index contributed by atoms with van der Waals surface area (Å²) in [5.41, 5.74) is 1.45. The first-order valence-electron chi connectivity index (χ1n) is 8.17. The van der Waals surface area contributed by atoms with Crippen LogP contribution in [0.25, 0.3) is 17.0 Å². The maximum Gasteiger partial charge on any atom is 0.335 e. The average Bonchev–Trinajstić information content (AvgIpc) is 2.95. The summed E-state index contributed by atoms with van der Waals surface area (Å²) in [4.78, 5) is 38.0. The van der Waals surface area contributed by atoms with Crippen LogP contribution in [0.15, 0.2) is 60.3 Å². The highest BCUT2D eigenvalue weighted by Gasteiger charge is 2.37. The van der Waals surface area contributed by atoms with Crippen molar-refractivity contribution in [2.45, 2.75) is 0 Å². The number of aromatic nitrogens is 1. The summed E-state index contributed by atoms with van der Waals surface area (Å²) < 4.78 is 15.4. The van der Waals surface area contributed by atoms with Gasteiger partial charge in [-0.15, -0.1) is 0 Å². The van der Waals surface area contributed by atoms with Gasteiger partial charge in [0.05, 0.1) is 5.69 Å². The zero-order chi connectivity index (χ0) is 19.1. The fraction of sp³-hybridized carbons (Fsp3) is 0.0500. The van der Waals surface area contributed by atoms with Gasteiger partial charge >= 0.3 is 6.03 Å². The van der Waals surface area contributed by atoms with Gasteiger partial charge in [-0.05, 0) is 30.3 Å². The Morgan fingerprint density at radius 3 is 2.59 bits per heavy atom. The van der Waals surface area contributed by atoms with E-state index in [1.807, 2.05) is 35.9 Å². The number of aryl methyl sites for hydroxylation is 1. The Labute approximate surface area is 153 Å². The molecule has 1 aliphatic heterocycles. The molecule has 0 spiro atoms. The van der Waals surface area contributed by atoms with E-state index in [0.717, 1.165) is 21.9 Å². The van der Waals surface area contributed by atoms with Gasteiger partial charge in [0.25, 0.3) is 11.8 Å². The van der Waals surface area contributed by atoms with Crippen molar-refractivity contribution in [3.8, 4) is 0 Å². The molecule has 1 aromatic heterocycles. The standard InChI is InChI=1S/C20H14FN3O3/c1-23-11-12(15-7-2-3-8-17(15)23)9-16-18(25)22-20(27)24(19(16)26)14-6-4-5-13(21)10-14/h2-11H,1H3,(H,22,25,27). The fourth-order valence-corrected chi connectivity index (χ4v) is 3.15. The molecule has 2 aromatic carbocycles. The quantitative estimate of drug-likeness (QED) is 0.562. The molecule has 1 fully saturated rings. The van der Waals surface area contributed by atoms with Crippen molar-refractivity contribution in [1.82, 2.24) is 9.88 Å². The van der Waals surface area contributed by atoms with Crippen molar-refractivity contribution < 1.29 is 18.8 Å². The summed E-state index contributed by atoms with van der Waals surface area (Å²) in [5.74, 6) is -2.18. The van der Waals surface area contributed by atoms with E-state index in [-0.39, 0.29) is 11.3 Å². The Bertz CT molecular complexity index is 1150. The second-order valence-corrected chi connectivity index (χ2v) is 6.15. The first-order valence-corrected chi connectivity index (χ1v) is 8.17. The zero-order valence-corrected chi connectivity index (χ0v) is 14.3. The first-order chi connectivity index (χ1) is 13.0. The van der Waals surface area contributed by atoms with Gasteiger partial charge in [0, 0.05) is 29.7 Å². The number of hydrogen-bond donors (Lipinski definition) is 1. The second-order valence-electron chi connectivity index (χ2n) is 6.15. The summed E-state index contributed by atoms with van der Waals surface area (Å²) in [6.07, 6.45) is 3.24. The van der Waals surface area contributed by atoms with Crippen LogP contribution in [-0.4, -0.2) is 22.4 Å². The molecular weight excluding hydrogens is 349 g/mol. The smallest absolute Gasteiger partial charge is 0.335 e. The number of barbiturate groups is 1. The number of nitrogens with zero attached hydrogens (tertiary/aromatic N) is 2. The van der Waals surface area contributed by atoms with Crippen molar-refractivity contribution in [2.75, 3.05) is 4.90 Å². The molecule has 2 heterocycles. The summed E-state index contributed by atoms with van der Waals surface area (Å²) in [6.45, 7) is 0. The van der Waals surface area contributed by atoms with Gasteiger partial charge < -0.3 is 4.57 Å². The number of fused-ring (bicyclic) bond motifs is 1. The molecule has 1 N–H and O–H groups in total. The van der Waals surface area contributed by atoms with E-state index >= 15 is 0 Å². The molecule has 4 rings (SSSR count).